The lowest BCUT2D eigenvalue weighted by atomic mass is 9.96. The number of amides is 1. The zero-order valence-corrected chi connectivity index (χ0v) is 14.7. The Balaban J connectivity index is 1.58. The highest BCUT2D eigenvalue weighted by molar-refractivity contribution is 5.75. The Hall–Kier alpha value is -3.03. The SMILES string of the molecule is COc1cccc2c1OC[C@@H](CNC(=O)Cn1cc(C)c(=O)[nH]c1=O)C2. The third kappa shape index (κ3) is 3.79. The van der Waals surface area contributed by atoms with Gasteiger partial charge in [-0.1, -0.05) is 12.1 Å². The standard InChI is InChI=1S/C18H21N3O5/c1-11-8-21(18(24)20-17(11)23)9-15(22)19-7-12-6-13-4-3-5-14(25-2)16(13)26-10-12/h3-5,8,12H,6-7,9-10H2,1-2H3,(H,19,22)(H,20,23,24)/t12-/m1/s1. The van der Waals surface area contributed by atoms with E-state index in [1.165, 1.54) is 10.8 Å². The predicted octanol–water partition coefficient (Wildman–Crippen LogP) is 0.221. The summed E-state index contributed by atoms with van der Waals surface area (Å²) < 4.78 is 12.3. The molecule has 138 valence electrons. The summed E-state index contributed by atoms with van der Waals surface area (Å²) in [5.74, 6) is 1.30. The monoisotopic (exact) mass is 359 g/mol. The number of nitrogens with zero attached hydrogens (tertiary/aromatic N) is 1. The lowest BCUT2D eigenvalue weighted by Gasteiger charge is -2.26. The van der Waals surface area contributed by atoms with Crippen molar-refractivity contribution in [1.29, 1.82) is 0 Å². The van der Waals surface area contributed by atoms with Crippen LogP contribution in [0, 0.1) is 12.8 Å². The Kier molecular flexibility index (Phi) is 5.11. The molecule has 2 N–H and O–H groups in total. The Morgan fingerprint density at radius 2 is 2.23 bits per heavy atom. The molecule has 1 aromatic carbocycles. The van der Waals surface area contributed by atoms with E-state index < -0.39 is 11.2 Å². The number of aromatic nitrogens is 2. The molecule has 3 rings (SSSR count). The van der Waals surface area contributed by atoms with Gasteiger partial charge in [-0.15, -0.1) is 0 Å². The summed E-state index contributed by atoms with van der Waals surface area (Å²) >= 11 is 0. The van der Waals surface area contributed by atoms with Crippen molar-refractivity contribution in [2.45, 2.75) is 19.9 Å². The minimum atomic E-state index is -0.599. The Bertz CT molecular complexity index is 931. The van der Waals surface area contributed by atoms with E-state index in [2.05, 4.69) is 10.3 Å². The smallest absolute Gasteiger partial charge is 0.328 e. The van der Waals surface area contributed by atoms with Crippen molar-refractivity contribution >= 4 is 5.91 Å². The molecule has 1 atom stereocenters. The van der Waals surface area contributed by atoms with Crippen molar-refractivity contribution in [1.82, 2.24) is 14.9 Å². The van der Waals surface area contributed by atoms with Gasteiger partial charge in [0.1, 0.15) is 6.54 Å². The number of benzene rings is 1. The van der Waals surface area contributed by atoms with Crippen LogP contribution in [0.25, 0.3) is 0 Å². The summed E-state index contributed by atoms with van der Waals surface area (Å²) in [5, 5.41) is 2.82. The zero-order chi connectivity index (χ0) is 18.7. The van der Waals surface area contributed by atoms with E-state index in [0.717, 1.165) is 17.7 Å². The molecule has 1 aliphatic heterocycles. The Morgan fingerprint density at radius 3 is 3.00 bits per heavy atom. The van der Waals surface area contributed by atoms with Gasteiger partial charge in [-0.3, -0.25) is 19.1 Å². The maximum absolute atomic E-state index is 12.1. The third-order valence-corrected chi connectivity index (χ3v) is 4.34. The van der Waals surface area contributed by atoms with E-state index >= 15 is 0 Å². The first-order valence-electron chi connectivity index (χ1n) is 8.33. The molecule has 1 amide bonds. The minimum absolute atomic E-state index is 0.132. The number of carbonyl (C=O) groups is 1. The summed E-state index contributed by atoms with van der Waals surface area (Å²) in [7, 11) is 1.60. The second-order valence-electron chi connectivity index (χ2n) is 6.33. The van der Waals surface area contributed by atoms with Crippen molar-refractivity contribution in [3.8, 4) is 11.5 Å². The number of methoxy groups -OCH3 is 1. The Morgan fingerprint density at radius 1 is 1.42 bits per heavy atom. The van der Waals surface area contributed by atoms with Gasteiger partial charge in [-0.05, 0) is 25.0 Å². The predicted molar refractivity (Wildman–Crippen MR) is 94.8 cm³/mol. The van der Waals surface area contributed by atoms with Crippen molar-refractivity contribution in [2.75, 3.05) is 20.3 Å². The Labute approximate surface area is 149 Å². The number of H-pyrrole nitrogens is 1. The van der Waals surface area contributed by atoms with E-state index in [0.29, 0.717) is 24.5 Å². The molecule has 0 saturated heterocycles. The molecule has 1 aliphatic rings. The minimum Gasteiger partial charge on any atom is -0.493 e. The average molecular weight is 359 g/mol. The molecule has 0 fully saturated rings. The highest BCUT2D eigenvalue weighted by Crippen LogP contribution is 2.35. The molecule has 0 bridgehead atoms. The first kappa shape index (κ1) is 17.8. The fourth-order valence-electron chi connectivity index (χ4n) is 2.95. The van der Waals surface area contributed by atoms with Crippen LogP contribution in [0.5, 0.6) is 11.5 Å². The third-order valence-electron chi connectivity index (χ3n) is 4.34. The summed E-state index contributed by atoms with van der Waals surface area (Å²) in [6.07, 6.45) is 2.15. The summed E-state index contributed by atoms with van der Waals surface area (Å²) in [6.45, 7) is 2.35. The molecule has 26 heavy (non-hydrogen) atoms. The van der Waals surface area contributed by atoms with Crippen LogP contribution in [0.4, 0.5) is 0 Å². The number of hydrogen-bond acceptors (Lipinski definition) is 5. The van der Waals surface area contributed by atoms with Gasteiger partial charge in [0.15, 0.2) is 11.5 Å². The molecule has 0 spiro atoms. The average Bonchev–Trinajstić information content (AvgIpc) is 2.63. The topological polar surface area (TPSA) is 102 Å². The van der Waals surface area contributed by atoms with Gasteiger partial charge < -0.3 is 14.8 Å². The second kappa shape index (κ2) is 7.47. The largest absolute Gasteiger partial charge is 0.493 e. The summed E-state index contributed by atoms with van der Waals surface area (Å²) in [4.78, 5) is 37.4. The second-order valence-corrected chi connectivity index (χ2v) is 6.33. The normalized spacial score (nSPS) is 15.7. The van der Waals surface area contributed by atoms with Gasteiger partial charge in [0, 0.05) is 24.2 Å². The molecule has 8 nitrogen and oxygen atoms in total. The van der Waals surface area contributed by atoms with Gasteiger partial charge in [0.25, 0.3) is 5.56 Å². The van der Waals surface area contributed by atoms with Crippen LogP contribution < -0.4 is 26.0 Å². The van der Waals surface area contributed by atoms with Gasteiger partial charge in [0.05, 0.1) is 13.7 Å². The zero-order valence-electron chi connectivity index (χ0n) is 14.7. The molecule has 1 aromatic heterocycles. The molecule has 0 saturated carbocycles. The molecule has 2 aromatic rings. The van der Waals surface area contributed by atoms with Crippen LogP contribution in [-0.4, -0.2) is 35.7 Å². The lowest BCUT2D eigenvalue weighted by molar-refractivity contribution is -0.122. The van der Waals surface area contributed by atoms with E-state index in [9.17, 15) is 14.4 Å². The highest BCUT2D eigenvalue weighted by Gasteiger charge is 2.23. The number of nitrogens with one attached hydrogen (secondary N) is 2. The number of carbonyl (C=O) groups excluding carboxylic acids is 1. The van der Waals surface area contributed by atoms with Crippen molar-refractivity contribution in [2.24, 2.45) is 5.92 Å². The van der Waals surface area contributed by atoms with Gasteiger partial charge in [0.2, 0.25) is 5.91 Å². The summed E-state index contributed by atoms with van der Waals surface area (Å²) in [6, 6.07) is 5.74. The number of aromatic amines is 1. The molecule has 0 unspecified atom stereocenters. The van der Waals surface area contributed by atoms with Gasteiger partial charge in [-0.2, -0.15) is 0 Å². The molecule has 2 heterocycles. The number of aryl methyl sites for hydroxylation is 1. The van der Waals surface area contributed by atoms with Crippen molar-refractivity contribution < 1.29 is 14.3 Å². The number of ether oxygens (including phenoxy) is 2. The summed E-state index contributed by atoms with van der Waals surface area (Å²) in [5.41, 5.74) is 0.379. The van der Waals surface area contributed by atoms with Crippen LogP contribution in [-0.2, 0) is 17.8 Å². The van der Waals surface area contributed by atoms with Crippen LogP contribution in [0.1, 0.15) is 11.1 Å². The van der Waals surface area contributed by atoms with Crippen LogP contribution in [0.15, 0.2) is 34.0 Å². The number of fused-ring (bicyclic) bond motifs is 1. The molecular weight excluding hydrogens is 338 g/mol. The van der Waals surface area contributed by atoms with E-state index in [1.54, 1.807) is 14.0 Å². The van der Waals surface area contributed by atoms with E-state index in [-0.39, 0.29) is 18.4 Å². The van der Waals surface area contributed by atoms with E-state index in [4.69, 9.17) is 9.47 Å². The quantitative estimate of drug-likeness (QED) is 0.795. The van der Waals surface area contributed by atoms with Crippen LogP contribution in [0.3, 0.4) is 0 Å². The first-order chi connectivity index (χ1) is 12.5. The number of rotatable bonds is 5. The lowest BCUT2D eigenvalue weighted by Crippen LogP contribution is -2.39. The van der Waals surface area contributed by atoms with Gasteiger partial charge >= 0.3 is 5.69 Å². The molecule has 8 heteroatoms. The van der Waals surface area contributed by atoms with Crippen molar-refractivity contribution in [3.63, 3.8) is 0 Å². The van der Waals surface area contributed by atoms with Crippen LogP contribution >= 0.6 is 0 Å². The van der Waals surface area contributed by atoms with Crippen LogP contribution in [0.2, 0.25) is 0 Å². The maximum Gasteiger partial charge on any atom is 0.328 e. The molecule has 0 aliphatic carbocycles. The fraction of sp³-hybridized carbons (Fsp3) is 0.389. The maximum atomic E-state index is 12.1. The molecule has 0 radical (unpaired) electrons. The number of para-hydroxylation sites is 1. The first-order valence-corrected chi connectivity index (χ1v) is 8.33. The fourth-order valence-corrected chi connectivity index (χ4v) is 2.95. The van der Waals surface area contributed by atoms with Crippen molar-refractivity contribution in [3.05, 3.63) is 56.4 Å². The molecular formula is C18H21N3O5. The van der Waals surface area contributed by atoms with Gasteiger partial charge in [-0.25, -0.2) is 4.79 Å². The highest BCUT2D eigenvalue weighted by atomic mass is 16.5. The number of hydrogen-bond donors (Lipinski definition) is 2. The van der Waals surface area contributed by atoms with E-state index in [1.807, 2.05) is 18.2 Å².